The maximum atomic E-state index is 10.6. The van der Waals surface area contributed by atoms with E-state index >= 15 is 0 Å². The first-order valence-corrected chi connectivity index (χ1v) is 8.11. The molecule has 0 saturated carbocycles. The number of hydrogen-bond donors (Lipinski definition) is 2. The third-order valence-electron chi connectivity index (χ3n) is 5.43. The van der Waals surface area contributed by atoms with Gasteiger partial charge in [0.2, 0.25) is 0 Å². The maximum Gasteiger partial charge on any atom is 0.0638 e. The van der Waals surface area contributed by atoms with E-state index in [2.05, 4.69) is 34.1 Å². The average Bonchev–Trinajstić information content (AvgIpc) is 2.84. The lowest BCUT2D eigenvalue weighted by Gasteiger charge is -2.48. The quantitative estimate of drug-likeness (QED) is 0.844. The summed E-state index contributed by atoms with van der Waals surface area (Å²) >= 11 is 0. The van der Waals surface area contributed by atoms with Gasteiger partial charge < -0.3 is 10.1 Å². The standard InChI is InChI=1S/C18H24N2O/c1-18(2,21)14-7-5-10-20-11-9-13-12-6-3-4-8-15(12)19-16(13)17(14)20/h3-4,6,8,14,17,19,21H,5,7,9-11H2,1-2H3/t14-,17+/m0/s1. The van der Waals surface area contributed by atoms with Gasteiger partial charge >= 0.3 is 0 Å². The molecule has 0 bridgehead atoms. The van der Waals surface area contributed by atoms with Crippen LogP contribution in [0.2, 0.25) is 0 Å². The highest BCUT2D eigenvalue weighted by Gasteiger charge is 2.43. The molecule has 2 atom stereocenters. The molecule has 0 aliphatic carbocycles. The molecule has 0 radical (unpaired) electrons. The minimum Gasteiger partial charge on any atom is -0.390 e. The summed E-state index contributed by atoms with van der Waals surface area (Å²) in [6.45, 7) is 6.22. The number of para-hydroxylation sites is 1. The van der Waals surface area contributed by atoms with E-state index in [9.17, 15) is 5.11 Å². The van der Waals surface area contributed by atoms with Gasteiger partial charge in [-0.05, 0) is 51.3 Å². The first-order valence-electron chi connectivity index (χ1n) is 8.11. The minimum atomic E-state index is -0.630. The van der Waals surface area contributed by atoms with E-state index in [-0.39, 0.29) is 0 Å². The van der Waals surface area contributed by atoms with Crippen LogP contribution in [-0.2, 0) is 6.42 Å². The molecule has 2 aromatic rings. The van der Waals surface area contributed by atoms with Crippen LogP contribution in [0.1, 0.15) is 44.0 Å². The fourth-order valence-corrected chi connectivity index (χ4v) is 4.44. The predicted molar refractivity (Wildman–Crippen MR) is 85.3 cm³/mol. The summed E-state index contributed by atoms with van der Waals surface area (Å²) in [6, 6.07) is 8.95. The summed E-state index contributed by atoms with van der Waals surface area (Å²) in [7, 11) is 0. The number of aromatic nitrogens is 1. The van der Waals surface area contributed by atoms with Crippen molar-refractivity contribution in [1.82, 2.24) is 9.88 Å². The Bertz CT molecular complexity index is 667. The number of H-pyrrole nitrogens is 1. The molecule has 2 aliphatic rings. The average molecular weight is 284 g/mol. The van der Waals surface area contributed by atoms with Crippen molar-refractivity contribution >= 4 is 10.9 Å². The van der Waals surface area contributed by atoms with Gasteiger partial charge in [-0.25, -0.2) is 0 Å². The Morgan fingerprint density at radius 2 is 2.05 bits per heavy atom. The third-order valence-corrected chi connectivity index (χ3v) is 5.43. The third kappa shape index (κ3) is 2.02. The lowest BCUT2D eigenvalue weighted by Crippen LogP contribution is -2.49. The van der Waals surface area contributed by atoms with Crippen molar-refractivity contribution in [1.29, 1.82) is 0 Å². The SMILES string of the molecule is CC(C)(O)[C@H]1CCCN2CCc3c([nH]c4ccccc34)[C@@H]12. The van der Waals surface area contributed by atoms with E-state index in [4.69, 9.17) is 0 Å². The van der Waals surface area contributed by atoms with Crippen LogP contribution < -0.4 is 0 Å². The lowest BCUT2D eigenvalue weighted by molar-refractivity contribution is -0.0569. The molecule has 1 fully saturated rings. The number of rotatable bonds is 1. The Morgan fingerprint density at radius 1 is 1.24 bits per heavy atom. The van der Waals surface area contributed by atoms with Crippen LogP contribution in [0.5, 0.6) is 0 Å². The van der Waals surface area contributed by atoms with Gasteiger partial charge in [0.05, 0.1) is 11.6 Å². The summed E-state index contributed by atoms with van der Waals surface area (Å²) < 4.78 is 0. The summed E-state index contributed by atoms with van der Waals surface area (Å²) in [6.07, 6.45) is 3.43. The van der Waals surface area contributed by atoms with Crippen molar-refractivity contribution in [3.05, 3.63) is 35.5 Å². The van der Waals surface area contributed by atoms with Gasteiger partial charge in [0.1, 0.15) is 0 Å². The molecule has 2 N–H and O–H groups in total. The van der Waals surface area contributed by atoms with Crippen LogP contribution >= 0.6 is 0 Å². The molecule has 1 saturated heterocycles. The van der Waals surface area contributed by atoms with E-state index in [1.165, 1.54) is 28.6 Å². The van der Waals surface area contributed by atoms with Gasteiger partial charge in [0.15, 0.2) is 0 Å². The maximum absolute atomic E-state index is 10.6. The van der Waals surface area contributed by atoms with Crippen LogP contribution in [0.15, 0.2) is 24.3 Å². The van der Waals surface area contributed by atoms with Gasteiger partial charge in [-0.2, -0.15) is 0 Å². The zero-order valence-corrected chi connectivity index (χ0v) is 12.9. The first-order chi connectivity index (χ1) is 10.1. The smallest absolute Gasteiger partial charge is 0.0638 e. The summed E-state index contributed by atoms with van der Waals surface area (Å²) in [4.78, 5) is 6.24. The van der Waals surface area contributed by atoms with Crippen molar-refractivity contribution in [3.8, 4) is 0 Å². The molecule has 3 heterocycles. The molecule has 0 spiro atoms. The van der Waals surface area contributed by atoms with E-state index in [1.807, 2.05) is 13.8 Å². The van der Waals surface area contributed by atoms with Crippen molar-refractivity contribution in [2.45, 2.75) is 44.8 Å². The molecule has 0 amide bonds. The van der Waals surface area contributed by atoms with Crippen LogP contribution in [0.3, 0.4) is 0 Å². The minimum absolute atomic E-state index is 0.304. The van der Waals surface area contributed by atoms with Crippen molar-refractivity contribution in [3.63, 3.8) is 0 Å². The molecule has 1 aromatic heterocycles. The normalized spacial score (nSPS) is 26.6. The number of piperidine rings is 1. The van der Waals surface area contributed by atoms with Crippen LogP contribution in [0, 0.1) is 5.92 Å². The van der Waals surface area contributed by atoms with Gasteiger partial charge in [-0.3, -0.25) is 4.90 Å². The number of nitrogens with one attached hydrogen (secondary N) is 1. The fourth-order valence-electron chi connectivity index (χ4n) is 4.44. The molecule has 1 aromatic carbocycles. The van der Waals surface area contributed by atoms with E-state index < -0.39 is 5.60 Å². The number of nitrogens with zero attached hydrogens (tertiary/aromatic N) is 1. The van der Waals surface area contributed by atoms with Gasteiger partial charge in [-0.15, -0.1) is 0 Å². The number of aliphatic hydroxyl groups is 1. The first kappa shape index (κ1) is 13.4. The fraction of sp³-hybridized carbons (Fsp3) is 0.556. The number of hydrogen-bond acceptors (Lipinski definition) is 2. The Labute approximate surface area is 126 Å². The monoisotopic (exact) mass is 284 g/mol. The van der Waals surface area contributed by atoms with E-state index in [0.29, 0.717) is 12.0 Å². The van der Waals surface area contributed by atoms with Crippen molar-refractivity contribution in [2.75, 3.05) is 13.1 Å². The highest BCUT2D eigenvalue weighted by Crippen LogP contribution is 2.46. The second kappa shape index (κ2) is 4.59. The molecule has 0 unspecified atom stereocenters. The van der Waals surface area contributed by atoms with Crippen LogP contribution in [0.25, 0.3) is 10.9 Å². The molecule has 21 heavy (non-hydrogen) atoms. The zero-order valence-electron chi connectivity index (χ0n) is 12.9. The Morgan fingerprint density at radius 3 is 2.86 bits per heavy atom. The van der Waals surface area contributed by atoms with E-state index in [0.717, 1.165) is 25.9 Å². The Balaban J connectivity index is 1.87. The van der Waals surface area contributed by atoms with Gasteiger partial charge in [0, 0.05) is 29.1 Å². The van der Waals surface area contributed by atoms with Gasteiger partial charge in [0.25, 0.3) is 0 Å². The topological polar surface area (TPSA) is 39.3 Å². The Hall–Kier alpha value is -1.32. The second-order valence-electron chi connectivity index (χ2n) is 7.20. The largest absolute Gasteiger partial charge is 0.390 e. The summed E-state index contributed by atoms with van der Waals surface area (Å²) in [5, 5.41) is 12.0. The highest BCUT2D eigenvalue weighted by molar-refractivity contribution is 5.85. The predicted octanol–water partition coefficient (Wildman–Crippen LogP) is 3.25. The lowest BCUT2D eigenvalue weighted by atomic mass is 9.74. The number of aromatic amines is 1. The molecule has 112 valence electrons. The van der Waals surface area contributed by atoms with E-state index in [1.54, 1.807) is 0 Å². The van der Waals surface area contributed by atoms with Crippen LogP contribution in [0.4, 0.5) is 0 Å². The molecule has 4 rings (SSSR count). The summed E-state index contributed by atoms with van der Waals surface area (Å²) in [5.74, 6) is 0.304. The second-order valence-corrected chi connectivity index (χ2v) is 7.20. The highest BCUT2D eigenvalue weighted by atomic mass is 16.3. The number of benzene rings is 1. The van der Waals surface area contributed by atoms with Crippen LogP contribution in [-0.4, -0.2) is 33.7 Å². The number of fused-ring (bicyclic) bond motifs is 5. The molecule has 3 nitrogen and oxygen atoms in total. The van der Waals surface area contributed by atoms with Gasteiger partial charge in [-0.1, -0.05) is 18.2 Å². The van der Waals surface area contributed by atoms with Crippen molar-refractivity contribution in [2.24, 2.45) is 5.92 Å². The van der Waals surface area contributed by atoms with Crippen molar-refractivity contribution < 1.29 is 5.11 Å². The Kier molecular flexibility index (Phi) is 2.92. The summed E-state index contributed by atoms with van der Waals surface area (Å²) in [5.41, 5.74) is 3.44. The molecule has 3 heteroatoms. The zero-order chi connectivity index (χ0) is 14.6. The molecular formula is C18H24N2O. The molecular weight excluding hydrogens is 260 g/mol. The molecule has 2 aliphatic heterocycles.